The maximum Gasteiger partial charge on any atom is 0.339 e. The van der Waals surface area contributed by atoms with Crippen molar-refractivity contribution in [1.82, 2.24) is 0 Å². The van der Waals surface area contributed by atoms with Crippen LogP contribution in [0, 0.1) is 13.8 Å². The summed E-state index contributed by atoms with van der Waals surface area (Å²) >= 11 is 0. The summed E-state index contributed by atoms with van der Waals surface area (Å²) < 4.78 is 0. The molecule has 0 aliphatic carbocycles. The van der Waals surface area contributed by atoms with Gasteiger partial charge in [-0.15, -0.1) is 0 Å². The van der Waals surface area contributed by atoms with Crippen LogP contribution in [0.3, 0.4) is 0 Å². The highest BCUT2D eigenvalue weighted by Gasteiger charge is 2.11. The number of carboxylic acids is 1. The van der Waals surface area contributed by atoms with E-state index in [2.05, 4.69) is 0 Å². The molecular weight excluding hydrogens is 180 g/mol. The average molecular weight is 196 g/mol. The van der Waals surface area contributed by atoms with Gasteiger partial charge in [0.15, 0.2) is 0 Å². The molecule has 1 aromatic carbocycles. The standard InChI is InChI=1S/C9H10O3.C2H6/c1-5-3-6(2)8(10)7(4-5)9(11)12;1-2/h3-4,10H,1-2H3,(H,11,12);1-2H3. The van der Waals surface area contributed by atoms with Crippen molar-refractivity contribution in [1.29, 1.82) is 0 Å². The van der Waals surface area contributed by atoms with Crippen molar-refractivity contribution in [3.63, 3.8) is 0 Å². The fourth-order valence-electron chi connectivity index (χ4n) is 1.12. The summed E-state index contributed by atoms with van der Waals surface area (Å²) in [5.41, 5.74) is 1.39. The van der Waals surface area contributed by atoms with Gasteiger partial charge in [-0.1, -0.05) is 19.9 Å². The Morgan fingerprint density at radius 2 is 1.71 bits per heavy atom. The molecule has 1 aromatic rings. The Balaban J connectivity index is 0.000000791. The lowest BCUT2D eigenvalue weighted by Gasteiger charge is -2.04. The SMILES string of the molecule is CC.Cc1cc(C)c(O)c(C(=O)O)c1. The summed E-state index contributed by atoms with van der Waals surface area (Å²) in [6.07, 6.45) is 0. The van der Waals surface area contributed by atoms with Crippen molar-refractivity contribution in [3.05, 3.63) is 28.8 Å². The first-order valence-electron chi connectivity index (χ1n) is 4.56. The van der Waals surface area contributed by atoms with Crippen molar-refractivity contribution in [2.75, 3.05) is 0 Å². The first-order chi connectivity index (χ1) is 6.52. The predicted octanol–water partition coefficient (Wildman–Crippen LogP) is 2.73. The highest BCUT2D eigenvalue weighted by atomic mass is 16.4. The number of benzene rings is 1. The van der Waals surface area contributed by atoms with Crippen LogP contribution in [0.15, 0.2) is 12.1 Å². The van der Waals surface area contributed by atoms with Gasteiger partial charge in [-0.25, -0.2) is 4.79 Å². The number of carboxylic acid groups (broad SMARTS) is 1. The lowest BCUT2D eigenvalue weighted by Crippen LogP contribution is -1.98. The van der Waals surface area contributed by atoms with Crippen LogP contribution in [0.2, 0.25) is 0 Å². The van der Waals surface area contributed by atoms with Crippen LogP contribution in [-0.4, -0.2) is 16.2 Å². The number of carbonyl (C=O) groups is 1. The van der Waals surface area contributed by atoms with Crippen LogP contribution in [0.4, 0.5) is 0 Å². The number of aromatic hydroxyl groups is 1. The Hall–Kier alpha value is -1.51. The van der Waals surface area contributed by atoms with E-state index in [1.807, 2.05) is 13.8 Å². The fourth-order valence-corrected chi connectivity index (χ4v) is 1.12. The summed E-state index contributed by atoms with van der Waals surface area (Å²) in [5, 5.41) is 18.0. The Morgan fingerprint density at radius 1 is 1.21 bits per heavy atom. The molecule has 1 rings (SSSR count). The quantitative estimate of drug-likeness (QED) is 0.726. The molecule has 0 aliphatic rings. The average Bonchev–Trinajstić information content (AvgIpc) is 2.14. The number of hydrogen-bond acceptors (Lipinski definition) is 2. The minimum absolute atomic E-state index is 0.0347. The van der Waals surface area contributed by atoms with E-state index in [1.54, 1.807) is 19.9 Å². The van der Waals surface area contributed by atoms with Gasteiger partial charge < -0.3 is 10.2 Å². The summed E-state index contributed by atoms with van der Waals surface area (Å²) in [7, 11) is 0. The monoisotopic (exact) mass is 196 g/mol. The van der Waals surface area contributed by atoms with Gasteiger partial charge in [-0.05, 0) is 31.0 Å². The smallest absolute Gasteiger partial charge is 0.339 e. The largest absolute Gasteiger partial charge is 0.507 e. The van der Waals surface area contributed by atoms with E-state index < -0.39 is 5.97 Å². The zero-order valence-corrected chi connectivity index (χ0v) is 8.96. The number of hydrogen-bond donors (Lipinski definition) is 2. The second-order valence-electron chi connectivity index (χ2n) is 2.78. The highest BCUT2D eigenvalue weighted by molar-refractivity contribution is 5.91. The molecule has 0 radical (unpaired) electrons. The van der Waals surface area contributed by atoms with E-state index in [0.29, 0.717) is 5.56 Å². The van der Waals surface area contributed by atoms with Crippen LogP contribution < -0.4 is 0 Å². The van der Waals surface area contributed by atoms with E-state index in [9.17, 15) is 9.90 Å². The lowest BCUT2D eigenvalue weighted by molar-refractivity contribution is 0.0693. The topological polar surface area (TPSA) is 57.5 Å². The Morgan fingerprint density at radius 3 is 2.14 bits per heavy atom. The molecule has 78 valence electrons. The minimum Gasteiger partial charge on any atom is -0.507 e. The van der Waals surface area contributed by atoms with E-state index in [-0.39, 0.29) is 11.3 Å². The Kier molecular flexibility index (Phi) is 4.70. The molecule has 0 bridgehead atoms. The Bertz CT molecular complexity index is 330. The molecule has 0 spiro atoms. The number of aryl methyl sites for hydroxylation is 2. The highest BCUT2D eigenvalue weighted by Crippen LogP contribution is 2.23. The number of rotatable bonds is 1. The molecule has 0 saturated heterocycles. The van der Waals surface area contributed by atoms with Crippen LogP contribution in [0.25, 0.3) is 0 Å². The van der Waals surface area contributed by atoms with E-state index in [4.69, 9.17) is 5.11 Å². The second kappa shape index (κ2) is 5.27. The third kappa shape index (κ3) is 2.76. The van der Waals surface area contributed by atoms with Crippen LogP contribution >= 0.6 is 0 Å². The maximum absolute atomic E-state index is 10.6. The van der Waals surface area contributed by atoms with Crippen LogP contribution in [0.1, 0.15) is 35.3 Å². The first kappa shape index (κ1) is 12.5. The summed E-state index contributed by atoms with van der Waals surface area (Å²) in [6.45, 7) is 7.47. The molecule has 0 aliphatic heterocycles. The van der Waals surface area contributed by atoms with Crippen molar-refractivity contribution in [2.24, 2.45) is 0 Å². The van der Waals surface area contributed by atoms with Crippen molar-refractivity contribution >= 4 is 5.97 Å². The van der Waals surface area contributed by atoms with E-state index >= 15 is 0 Å². The van der Waals surface area contributed by atoms with Gasteiger partial charge in [0.1, 0.15) is 11.3 Å². The molecule has 0 amide bonds. The summed E-state index contributed by atoms with van der Waals surface area (Å²) in [4.78, 5) is 10.6. The molecule has 3 nitrogen and oxygen atoms in total. The number of phenols is 1. The fraction of sp³-hybridized carbons (Fsp3) is 0.364. The normalized spacial score (nSPS) is 8.86. The third-order valence-corrected chi connectivity index (χ3v) is 1.68. The zero-order valence-electron chi connectivity index (χ0n) is 8.96. The van der Waals surface area contributed by atoms with Crippen molar-refractivity contribution in [3.8, 4) is 5.75 Å². The molecule has 0 unspecified atom stereocenters. The van der Waals surface area contributed by atoms with Gasteiger partial charge in [0, 0.05) is 0 Å². The molecular formula is C11H16O3. The second-order valence-corrected chi connectivity index (χ2v) is 2.78. The summed E-state index contributed by atoms with van der Waals surface area (Å²) in [6, 6.07) is 3.19. The minimum atomic E-state index is -1.10. The molecule has 14 heavy (non-hydrogen) atoms. The zero-order chi connectivity index (χ0) is 11.3. The molecule has 3 heteroatoms. The first-order valence-corrected chi connectivity index (χ1v) is 4.56. The molecule has 0 saturated carbocycles. The van der Waals surface area contributed by atoms with Gasteiger partial charge in [-0.2, -0.15) is 0 Å². The van der Waals surface area contributed by atoms with Gasteiger partial charge in [0.25, 0.3) is 0 Å². The van der Waals surface area contributed by atoms with Gasteiger partial charge >= 0.3 is 5.97 Å². The van der Waals surface area contributed by atoms with E-state index in [0.717, 1.165) is 5.56 Å². The van der Waals surface area contributed by atoms with E-state index in [1.165, 1.54) is 6.07 Å². The third-order valence-electron chi connectivity index (χ3n) is 1.68. The van der Waals surface area contributed by atoms with Gasteiger partial charge in [0.05, 0.1) is 0 Å². The predicted molar refractivity (Wildman–Crippen MR) is 55.9 cm³/mol. The van der Waals surface area contributed by atoms with Crippen LogP contribution in [-0.2, 0) is 0 Å². The van der Waals surface area contributed by atoms with Gasteiger partial charge in [-0.3, -0.25) is 0 Å². The molecule has 0 fully saturated rings. The van der Waals surface area contributed by atoms with Crippen molar-refractivity contribution in [2.45, 2.75) is 27.7 Å². The Labute approximate surface area is 84.0 Å². The molecule has 0 heterocycles. The van der Waals surface area contributed by atoms with Gasteiger partial charge in [0.2, 0.25) is 0 Å². The maximum atomic E-state index is 10.6. The number of aromatic carboxylic acids is 1. The molecule has 0 atom stereocenters. The lowest BCUT2D eigenvalue weighted by atomic mass is 10.1. The molecule has 2 N–H and O–H groups in total. The van der Waals surface area contributed by atoms with Crippen molar-refractivity contribution < 1.29 is 15.0 Å². The van der Waals surface area contributed by atoms with Crippen LogP contribution in [0.5, 0.6) is 5.75 Å². The molecule has 0 aromatic heterocycles. The summed E-state index contributed by atoms with van der Waals surface area (Å²) in [5.74, 6) is -1.24.